The summed E-state index contributed by atoms with van der Waals surface area (Å²) in [7, 11) is 1.51. The van der Waals surface area contributed by atoms with Crippen molar-refractivity contribution in [2.75, 3.05) is 13.7 Å². The topological polar surface area (TPSA) is 92.6 Å². The van der Waals surface area contributed by atoms with Crippen molar-refractivity contribution in [3.05, 3.63) is 71.4 Å². The predicted octanol–water partition coefficient (Wildman–Crippen LogP) is 3.56. The summed E-state index contributed by atoms with van der Waals surface area (Å²) < 4.78 is 46.4. The van der Waals surface area contributed by atoms with E-state index in [9.17, 15) is 22.8 Å². The standard InChI is InChI=1S/C23H19F3N4O4/c1-33-17-6-2-4-14(10-17)20(31)29-22-27-12-16-13-30(9-8-19(16)28-22)21(32)15-5-3-7-18(11-15)34-23(24,25)26/h2-7,10-13,22H,8-9H2,1H3,(H,29,31). The first kappa shape index (κ1) is 23.0. The van der Waals surface area contributed by atoms with Gasteiger partial charge in [-0.1, -0.05) is 12.1 Å². The van der Waals surface area contributed by atoms with Gasteiger partial charge in [0.05, 0.1) is 12.8 Å². The molecule has 0 fully saturated rings. The molecule has 2 heterocycles. The number of fused-ring (bicyclic) bond motifs is 1. The monoisotopic (exact) mass is 472 g/mol. The number of benzene rings is 2. The van der Waals surface area contributed by atoms with Crippen molar-refractivity contribution in [3.8, 4) is 11.5 Å². The van der Waals surface area contributed by atoms with Crippen LogP contribution in [0, 0.1) is 0 Å². The molecule has 0 radical (unpaired) electrons. The van der Waals surface area contributed by atoms with E-state index in [1.165, 1.54) is 36.6 Å². The van der Waals surface area contributed by atoms with Crippen LogP contribution in [0.15, 0.2) is 70.3 Å². The summed E-state index contributed by atoms with van der Waals surface area (Å²) >= 11 is 0. The summed E-state index contributed by atoms with van der Waals surface area (Å²) in [5.74, 6) is -0.782. The Bertz CT molecular complexity index is 1210. The van der Waals surface area contributed by atoms with E-state index in [0.29, 0.717) is 29.0 Å². The Kier molecular flexibility index (Phi) is 6.35. The number of methoxy groups -OCH3 is 1. The van der Waals surface area contributed by atoms with Crippen LogP contribution in [-0.2, 0) is 0 Å². The number of carbonyl (C=O) groups excluding carboxylic acids is 2. The maximum Gasteiger partial charge on any atom is 0.573 e. The molecule has 2 aliphatic heterocycles. The molecule has 0 saturated carbocycles. The molecule has 1 N–H and O–H groups in total. The van der Waals surface area contributed by atoms with Gasteiger partial charge in [0.1, 0.15) is 11.5 Å². The van der Waals surface area contributed by atoms with Crippen LogP contribution >= 0.6 is 0 Å². The summed E-state index contributed by atoms with van der Waals surface area (Å²) in [6.45, 7) is 0.260. The summed E-state index contributed by atoms with van der Waals surface area (Å²) in [5.41, 5.74) is 1.68. The molecule has 34 heavy (non-hydrogen) atoms. The second-order valence-corrected chi connectivity index (χ2v) is 7.34. The van der Waals surface area contributed by atoms with Gasteiger partial charge >= 0.3 is 6.36 Å². The fraction of sp³-hybridized carbons (Fsp3) is 0.217. The molecule has 4 rings (SSSR count). The van der Waals surface area contributed by atoms with E-state index >= 15 is 0 Å². The average Bonchev–Trinajstić information content (AvgIpc) is 2.82. The van der Waals surface area contributed by atoms with Crippen molar-refractivity contribution < 1.29 is 32.2 Å². The quantitative estimate of drug-likeness (QED) is 0.720. The van der Waals surface area contributed by atoms with E-state index in [2.05, 4.69) is 20.0 Å². The molecule has 0 aromatic heterocycles. The van der Waals surface area contributed by atoms with Gasteiger partial charge in [-0.3, -0.25) is 9.59 Å². The molecule has 1 unspecified atom stereocenters. The van der Waals surface area contributed by atoms with Gasteiger partial charge in [0.2, 0.25) is 6.29 Å². The summed E-state index contributed by atoms with van der Waals surface area (Å²) in [6.07, 6.45) is -2.25. The molecular formula is C23H19F3N4O4. The van der Waals surface area contributed by atoms with Gasteiger partial charge in [0.25, 0.3) is 11.8 Å². The van der Waals surface area contributed by atoms with Gasteiger partial charge in [-0.15, -0.1) is 13.2 Å². The fourth-order valence-corrected chi connectivity index (χ4v) is 3.44. The number of allylic oxidation sites excluding steroid dienone is 1. The van der Waals surface area contributed by atoms with E-state index in [1.54, 1.807) is 24.3 Å². The van der Waals surface area contributed by atoms with Crippen molar-refractivity contribution in [3.63, 3.8) is 0 Å². The molecule has 2 aromatic carbocycles. The molecule has 2 aromatic rings. The van der Waals surface area contributed by atoms with Gasteiger partial charge < -0.3 is 19.7 Å². The first-order valence-electron chi connectivity index (χ1n) is 10.2. The SMILES string of the molecule is COc1cccc(C(=O)NC2N=CC3=CN(C(=O)c4cccc(OC(F)(F)F)c4)CCC3=N2)c1. The van der Waals surface area contributed by atoms with Crippen LogP contribution in [0.1, 0.15) is 27.1 Å². The van der Waals surface area contributed by atoms with Crippen molar-refractivity contribution in [2.24, 2.45) is 9.98 Å². The summed E-state index contributed by atoms with van der Waals surface area (Å²) in [6, 6.07) is 11.5. The molecule has 8 nitrogen and oxygen atoms in total. The van der Waals surface area contributed by atoms with E-state index in [4.69, 9.17) is 4.74 Å². The summed E-state index contributed by atoms with van der Waals surface area (Å²) in [4.78, 5) is 35.3. The zero-order valence-electron chi connectivity index (χ0n) is 17.9. The van der Waals surface area contributed by atoms with E-state index in [1.807, 2.05) is 0 Å². The van der Waals surface area contributed by atoms with Gasteiger partial charge in [0.15, 0.2) is 0 Å². The lowest BCUT2D eigenvalue weighted by atomic mass is 10.0. The highest BCUT2D eigenvalue weighted by Gasteiger charge is 2.31. The molecule has 0 saturated heterocycles. The zero-order valence-corrected chi connectivity index (χ0v) is 17.9. The van der Waals surface area contributed by atoms with Crippen molar-refractivity contribution in [1.29, 1.82) is 0 Å². The summed E-state index contributed by atoms with van der Waals surface area (Å²) in [5, 5.41) is 2.71. The van der Waals surface area contributed by atoms with Crippen molar-refractivity contribution in [1.82, 2.24) is 10.2 Å². The smallest absolute Gasteiger partial charge is 0.497 e. The van der Waals surface area contributed by atoms with E-state index in [-0.39, 0.29) is 18.0 Å². The molecular weight excluding hydrogens is 453 g/mol. The molecule has 2 amide bonds. The molecule has 0 spiro atoms. The zero-order chi connectivity index (χ0) is 24.3. The third-order valence-corrected chi connectivity index (χ3v) is 5.02. The number of rotatable bonds is 5. The van der Waals surface area contributed by atoms with Gasteiger partial charge in [-0.05, 0) is 36.4 Å². The van der Waals surface area contributed by atoms with Crippen LogP contribution in [0.5, 0.6) is 11.5 Å². The Morgan fingerprint density at radius 2 is 1.79 bits per heavy atom. The minimum absolute atomic E-state index is 0.0511. The van der Waals surface area contributed by atoms with Crippen LogP contribution in [0.4, 0.5) is 13.2 Å². The third-order valence-electron chi connectivity index (χ3n) is 5.02. The third kappa shape index (κ3) is 5.42. The van der Waals surface area contributed by atoms with Crippen LogP contribution in [0.2, 0.25) is 0 Å². The average molecular weight is 472 g/mol. The molecule has 0 aliphatic carbocycles. The van der Waals surface area contributed by atoms with Crippen molar-refractivity contribution >= 4 is 23.7 Å². The van der Waals surface area contributed by atoms with Crippen molar-refractivity contribution in [2.45, 2.75) is 19.1 Å². The lowest BCUT2D eigenvalue weighted by molar-refractivity contribution is -0.274. The first-order valence-corrected chi connectivity index (χ1v) is 10.2. The Balaban J connectivity index is 1.44. The highest BCUT2D eigenvalue weighted by molar-refractivity contribution is 6.18. The normalized spacial score (nSPS) is 17.3. The maximum absolute atomic E-state index is 12.8. The van der Waals surface area contributed by atoms with E-state index < -0.39 is 24.3 Å². The molecule has 11 heteroatoms. The Labute approximate surface area is 192 Å². The fourth-order valence-electron chi connectivity index (χ4n) is 3.44. The largest absolute Gasteiger partial charge is 0.573 e. The number of hydrogen-bond acceptors (Lipinski definition) is 6. The number of nitrogens with zero attached hydrogens (tertiary/aromatic N) is 3. The number of amides is 2. The van der Waals surface area contributed by atoms with E-state index in [0.717, 1.165) is 12.1 Å². The Morgan fingerprint density at radius 3 is 2.53 bits per heavy atom. The lowest BCUT2D eigenvalue weighted by Gasteiger charge is -2.28. The number of aliphatic imine (C=N–C) groups is 2. The maximum atomic E-state index is 12.8. The molecule has 176 valence electrons. The molecule has 2 aliphatic rings. The van der Waals surface area contributed by atoms with Crippen LogP contribution in [0.3, 0.4) is 0 Å². The van der Waals surface area contributed by atoms with Crippen LogP contribution in [0.25, 0.3) is 0 Å². The van der Waals surface area contributed by atoms with Crippen LogP contribution < -0.4 is 14.8 Å². The lowest BCUT2D eigenvalue weighted by Crippen LogP contribution is -2.38. The highest BCUT2D eigenvalue weighted by atomic mass is 19.4. The number of ether oxygens (including phenoxy) is 2. The Hall–Kier alpha value is -4.15. The number of nitrogens with one attached hydrogen (secondary N) is 1. The number of alkyl halides is 3. The van der Waals surface area contributed by atoms with Crippen LogP contribution in [-0.4, -0.2) is 54.9 Å². The van der Waals surface area contributed by atoms with Gasteiger partial charge in [-0.2, -0.15) is 0 Å². The second kappa shape index (κ2) is 9.38. The highest BCUT2D eigenvalue weighted by Crippen LogP contribution is 2.25. The minimum atomic E-state index is -4.85. The Morgan fingerprint density at radius 1 is 1.09 bits per heavy atom. The minimum Gasteiger partial charge on any atom is -0.497 e. The second-order valence-electron chi connectivity index (χ2n) is 7.34. The number of hydrogen-bond donors (Lipinski definition) is 1. The van der Waals surface area contributed by atoms with Gasteiger partial charge in [-0.25, -0.2) is 9.98 Å². The molecule has 0 bridgehead atoms. The molecule has 1 atom stereocenters. The first-order chi connectivity index (χ1) is 16.2. The number of halogens is 3. The van der Waals surface area contributed by atoms with Gasteiger partial charge in [0, 0.05) is 42.1 Å². The predicted molar refractivity (Wildman–Crippen MR) is 117 cm³/mol. The number of carbonyl (C=O) groups is 2.